The highest BCUT2D eigenvalue weighted by molar-refractivity contribution is 5.83. The molecule has 1 amide bonds. The first-order chi connectivity index (χ1) is 13.1. The second-order valence-corrected chi connectivity index (χ2v) is 9.56. The highest BCUT2D eigenvalue weighted by Gasteiger charge is 2.60. The first kappa shape index (κ1) is 17.0. The zero-order chi connectivity index (χ0) is 18.5. The van der Waals surface area contributed by atoms with Crippen molar-refractivity contribution in [2.75, 3.05) is 0 Å². The molecule has 0 aromatic heterocycles. The van der Waals surface area contributed by atoms with Crippen LogP contribution < -0.4 is 5.32 Å². The molecule has 0 aliphatic heterocycles. The lowest BCUT2D eigenvalue weighted by Crippen LogP contribution is -2.59. The summed E-state index contributed by atoms with van der Waals surface area (Å²) >= 11 is 0. The van der Waals surface area contributed by atoms with Crippen molar-refractivity contribution in [3.05, 3.63) is 71.3 Å². The molecule has 0 saturated heterocycles. The second-order valence-electron chi connectivity index (χ2n) is 9.56. The van der Waals surface area contributed by atoms with Crippen LogP contribution in [0, 0.1) is 24.2 Å². The minimum absolute atomic E-state index is 0.149. The lowest BCUT2D eigenvalue weighted by atomic mass is 9.42. The van der Waals surface area contributed by atoms with Gasteiger partial charge in [0.2, 0.25) is 5.91 Å². The predicted octanol–water partition coefficient (Wildman–Crippen LogP) is 5.15. The molecule has 0 unspecified atom stereocenters. The normalized spacial score (nSPS) is 33.8. The van der Waals surface area contributed by atoms with Crippen molar-refractivity contribution in [3.63, 3.8) is 0 Å². The molecule has 27 heavy (non-hydrogen) atoms. The van der Waals surface area contributed by atoms with Crippen molar-refractivity contribution in [2.45, 2.75) is 57.4 Å². The fourth-order valence-corrected chi connectivity index (χ4v) is 6.74. The van der Waals surface area contributed by atoms with Gasteiger partial charge >= 0.3 is 0 Å². The smallest absolute Gasteiger partial charge is 0.226 e. The van der Waals surface area contributed by atoms with Crippen LogP contribution in [0.15, 0.2) is 54.6 Å². The van der Waals surface area contributed by atoms with Gasteiger partial charge in [-0.2, -0.15) is 0 Å². The summed E-state index contributed by atoms with van der Waals surface area (Å²) in [6.07, 6.45) is 7.12. The molecular formula is C25H29NO. The van der Waals surface area contributed by atoms with Gasteiger partial charge in [-0.1, -0.05) is 60.2 Å². The van der Waals surface area contributed by atoms with E-state index in [0.29, 0.717) is 12.5 Å². The predicted molar refractivity (Wildman–Crippen MR) is 108 cm³/mol. The number of rotatable bonds is 4. The third-order valence-corrected chi connectivity index (χ3v) is 7.50. The molecule has 0 radical (unpaired) electrons. The largest absolute Gasteiger partial charge is 0.352 e. The first-order valence-corrected chi connectivity index (χ1v) is 10.5. The quantitative estimate of drug-likeness (QED) is 0.804. The number of hydrogen-bond acceptors (Lipinski definition) is 1. The van der Waals surface area contributed by atoms with Crippen molar-refractivity contribution >= 4 is 5.91 Å². The monoisotopic (exact) mass is 359 g/mol. The van der Waals surface area contributed by atoms with Crippen LogP contribution >= 0.6 is 0 Å². The third-order valence-electron chi connectivity index (χ3n) is 7.50. The van der Waals surface area contributed by atoms with Crippen molar-refractivity contribution in [2.24, 2.45) is 17.3 Å². The highest BCUT2D eigenvalue weighted by atomic mass is 16.2. The Morgan fingerprint density at radius 3 is 2.30 bits per heavy atom. The van der Waals surface area contributed by atoms with E-state index >= 15 is 0 Å². The van der Waals surface area contributed by atoms with Crippen LogP contribution in [0.3, 0.4) is 0 Å². The van der Waals surface area contributed by atoms with Crippen LogP contribution in [0.2, 0.25) is 0 Å². The summed E-state index contributed by atoms with van der Waals surface area (Å²) in [6, 6.07) is 19.4. The van der Waals surface area contributed by atoms with Crippen LogP contribution in [-0.2, 0) is 16.8 Å². The summed E-state index contributed by atoms with van der Waals surface area (Å²) in [7, 11) is 0. The standard InChI is InChI=1S/C25H29NO/c1-18-7-9-22(10-8-18)24-12-20-11-21(13-24)15-25(14-20,17-24)23(27)26-16-19-5-3-2-4-6-19/h2-10,20-21H,11-17H2,1H3,(H,26,27)/t20-,21-,24?,25?/m1/s1. The summed E-state index contributed by atoms with van der Waals surface area (Å²) in [5, 5.41) is 3.29. The fourth-order valence-electron chi connectivity index (χ4n) is 6.74. The molecule has 2 nitrogen and oxygen atoms in total. The summed E-state index contributed by atoms with van der Waals surface area (Å²) in [5.74, 6) is 1.74. The fraction of sp³-hybridized carbons (Fsp3) is 0.480. The topological polar surface area (TPSA) is 29.1 Å². The molecule has 4 saturated carbocycles. The van der Waals surface area contributed by atoms with Gasteiger partial charge in [-0.15, -0.1) is 0 Å². The van der Waals surface area contributed by atoms with Gasteiger partial charge in [-0.3, -0.25) is 4.79 Å². The minimum Gasteiger partial charge on any atom is -0.352 e. The van der Waals surface area contributed by atoms with Gasteiger partial charge in [0.25, 0.3) is 0 Å². The lowest BCUT2D eigenvalue weighted by molar-refractivity contribution is -0.149. The molecule has 2 aromatic carbocycles. The number of carbonyl (C=O) groups excluding carboxylic acids is 1. The number of hydrogen-bond donors (Lipinski definition) is 1. The highest BCUT2D eigenvalue weighted by Crippen LogP contribution is 2.65. The Hall–Kier alpha value is -2.09. The number of amides is 1. The Labute approximate surface area is 162 Å². The molecule has 4 bridgehead atoms. The molecule has 4 aliphatic rings. The summed E-state index contributed by atoms with van der Waals surface area (Å²) in [6.45, 7) is 2.80. The van der Waals surface area contributed by atoms with E-state index in [2.05, 4.69) is 48.6 Å². The number of nitrogens with one attached hydrogen (secondary N) is 1. The van der Waals surface area contributed by atoms with Gasteiger partial charge in [0.1, 0.15) is 0 Å². The zero-order valence-electron chi connectivity index (χ0n) is 16.2. The van der Waals surface area contributed by atoms with Crippen LogP contribution in [0.4, 0.5) is 0 Å². The van der Waals surface area contributed by atoms with E-state index < -0.39 is 0 Å². The van der Waals surface area contributed by atoms with E-state index in [0.717, 1.165) is 31.1 Å². The molecule has 4 aliphatic carbocycles. The van der Waals surface area contributed by atoms with E-state index in [1.807, 2.05) is 18.2 Å². The van der Waals surface area contributed by atoms with Crippen LogP contribution in [-0.4, -0.2) is 5.91 Å². The second kappa shape index (κ2) is 6.22. The van der Waals surface area contributed by atoms with Gasteiger partial charge < -0.3 is 5.32 Å². The van der Waals surface area contributed by atoms with Gasteiger partial charge in [-0.25, -0.2) is 0 Å². The van der Waals surface area contributed by atoms with E-state index in [4.69, 9.17) is 0 Å². The summed E-state index contributed by atoms with van der Waals surface area (Å²) in [4.78, 5) is 13.4. The van der Waals surface area contributed by atoms with Gasteiger partial charge in [-0.05, 0) is 73.8 Å². The summed E-state index contributed by atoms with van der Waals surface area (Å²) in [5.41, 5.74) is 4.05. The van der Waals surface area contributed by atoms with Crippen molar-refractivity contribution in [1.29, 1.82) is 0 Å². The molecule has 6 rings (SSSR count). The molecule has 140 valence electrons. The Balaban J connectivity index is 1.41. The Kier molecular flexibility index (Phi) is 3.93. The van der Waals surface area contributed by atoms with Gasteiger partial charge in [0.05, 0.1) is 5.41 Å². The Morgan fingerprint density at radius 1 is 0.963 bits per heavy atom. The molecule has 2 heteroatoms. The Bertz CT molecular complexity index is 824. The van der Waals surface area contributed by atoms with Crippen molar-refractivity contribution in [3.8, 4) is 0 Å². The number of benzene rings is 2. The molecular weight excluding hydrogens is 330 g/mol. The van der Waals surface area contributed by atoms with Crippen LogP contribution in [0.5, 0.6) is 0 Å². The maximum atomic E-state index is 13.4. The molecule has 0 spiro atoms. The zero-order valence-corrected chi connectivity index (χ0v) is 16.2. The van der Waals surface area contributed by atoms with E-state index in [1.165, 1.54) is 36.0 Å². The van der Waals surface area contributed by atoms with E-state index in [9.17, 15) is 4.79 Å². The molecule has 2 aromatic rings. The molecule has 0 heterocycles. The van der Waals surface area contributed by atoms with Gasteiger partial charge in [0.15, 0.2) is 0 Å². The molecule has 4 fully saturated rings. The maximum Gasteiger partial charge on any atom is 0.226 e. The van der Waals surface area contributed by atoms with E-state index in [-0.39, 0.29) is 10.8 Å². The average molecular weight is 360 g/mol. The SMILES string of the molecule is Cc1ccc(C23C[C@H]4C[C@@H](CC(C(=O)NCc5ccccc5)(C4)C2)C3)cc1. The lowest BCUT2D eigenvalue weighted by Gasteiger charge is -2.61. The van der Waals surface area contributed by atoms with Crippen molar-refractivity contribution in [1.82, 2.24) is 5.32 Å². The first-order valence-electron chi connectivity index (χ1n) is 10.5. The minimum atomic E-state index is -0.149. The van der Waals surface area contributed by atoms with Crippen LogP contribution in [0.1, 0.15) is 55.2 Å². The summed E-state index contributed by atoms with van der Waals surface area (Å²) < 4.78 is 0. The number of aryl methyl sites for hydroxylation is 1. The third kappa shape index (κ3) is 2.90. The number of carbonyl (C=O) groups is 1. The molecule has 1 N–H and O–H groups in total. The van der Waals surface area contributed by atoms with Crippen LogP contribution in [0.25, 0.3) is 0 Å². The Morgan fingerprint density at radius 2 is 1.63 bits per heavy atom. The van der Waals surface area contributed by atoms with Crippen molar-refractivity contribution < 1.29 is 4.79 Å². The van der Waals surface area contributed by atoms with E-state index in [1.54, 1.807) is 0 Å². The average Bonchev–Trinajstić information content (AvgIpc) is 2.66. The molecule has 2 atom stereocenters. The maximum absolute atomic E-state index is 13.4. The van der Waals surface area contributed by atoms with Gasteiger partial charge in [0, 0.05) is 6.54 Å².